The Morgan fingerprint density at radius 3 is 1.98 bits per heavy atom. The Bertz CT molecular complexity index is 3230. The lowest BCUT2D eigenvalue weighted by atomic mass is 9.79. The molecule has 59 heavy (non-hydrogen) atoms. The summed E-state index contributed by atoms with van der Waals surface area (Å²) in [4.78, 5) is 10.6. The summed E-state index contributed by atoms with van der Waals surface area (Å²) in [5.41, 5.74) is 12.4. The number of rotatable bonds is 5. The number of aromatic hydroxyl groups is 1. The standard InChI is InChI=1S/C54H46N4O/c1-53(2,3)36-32-42(51(59)43(33-36)54(4,5)6)52-56-50-39(24-17-28-47(50)58(52)45-27-16-19-34-18-10-11-22-38(34)45)35-30-41(44-25-14-15-29-55-44)49-40-23-12-13-26-46(40)57(48(49)31-35)37-20-8-7-9-21-37/h7-33,59H,1-6H3. The molecule has 3 heterocycles. The van der Waals surface area contributed by atoms with Crippen molar-refractivity contribution in [1.82, 2.24) is 19.1 Å². The van der Waals surface area contributed by atoms with E-state index in [9.17, 15) is 5.11 Å². The van der Waals surface area contributed by atoms with Crippen molar-refractivity contribution in [2.75, 3.05) is 0 Å². The quantitative estimate of drug-likeness (QED) is 0.190. The normalized spacial score (nSPS) is 12.3. The molecule has 0 spiro atoms. The van der Waals surface area contributed by atoms with E-state index in [0.29, 0.717) is 11.4 Å². The lowest BCUT2D eigenvalue weighted by Crippen LogP contribution is -2.17. The summed E-state index contributed by atoms with van der Waals surface area (Å²) >= 11 is 0. The van der Waals surface area contributed by atoms with Gasteiger partial charge in [0.25, 0.3) is 0 Å². The van der Waals surface area contributed by atoms with E-state index >= 15 is 0 Å². The molecular weight excluding hydrogens is 721 g/mol. The van der Waals surface area contributed by atoms with Crippen LogP contribution in [0.3, 0.4) is 0 Å². The average Bonchev–Trinajstić information content (AvgIpc) is 3.79. The van der Waals surface area contributed by atoms with Crippen LogP contribution in [0.1, 0.15) is 52.7 Å². The minimum atomic E-state index is -0.309. The fraction of sp³-hybridized carbons (Fsp3) is 0.148. The van der Waals surface area contributed by atoms with Gasteiger partial charge >= 0.3 is 0 Å². The highest BCUT2D eigenvalue weighted by atomic mass is 16.3. The molecule has 0 saturated heterocycles. The van der Waals surface area contributed by atoms with E-state index in [1.807, 2.05) is 12.3 Å². The molecule has 0 aliphatic heterocycles. The highest BCUT2D eigenvalue weighted by Crippen LogP contribution is 2.46. The molecule has 3 aromatic heterocycles. The zero-order valence-electron chi connectivity index (χ0n) is 34.3. The van der Waals surface area contributed by atoms with Gasteiger partial charge in [0.1, 0.15) is 11.6 Å². The van der Waals surface area contributed by atoms with Gasteiger partial charge < -0.3 is 9.67 Å². The van der Waals surface area contributed by atoms with Crippen LogP contribution in [0.4, 0.5) is 0 Å². The molecular formula is C54H46N4O. The molecule has 0 bridgehead atoms. The van der Waals surface area contributed by atoms with Gasteiger partial charge in [-0.25, -0.2) is 4.98 Å². The molecule has 0 amide bonds. The molecule has 5 heteroatoms. The Morgan fingerprint density at radius 1 is 0.525 bits per heavy atom. The van der Waals surface area contributed by atoms with Crippen molar-refractivity contribution in [2.45, 2.75) is 52.4 Å². The first-order chi connectivity index (χ1) is 28.5. The third kappa shape index (κ3) is 5.99. The molecule has 288 valence electrons. The molecule has 0 radical (unpaired) electrons. The SMILES string of the molecule is CC(C)(C)c1cc(-c2nc3c(-c4cc(-c5ccccn5)c5c6ccccc6n(-c6ccccc6)c5c4)cccc3n2-c2cccc3ccccc23)c(O)c(C(C)(C)C)c1. The Labute approximate surface area is 344 Å². The Morgan fingerprint density at radius 2 is 1.22 bits per heavy atom. The molecule has 10 aromatic rings. The molecule has 1 N–H and O–H groups in total. The van der Waals surface area contributed by atoms with Gasteiger partial charge in [0.2, 0.25) is 0 Å². The second-order valence-corrected chi connectivity index (χ2v) is 17.7. The molecule has 0 unspecified atom stereocenters. The maximum absolute atomic E-state index is 12.4. The van der Waals surface area contributed by atoms with Gasteiger partial charge in [0, 0.05) is 44.7 Å². The van der Waals surface area contributed by atoms with Crippen LogP contribution in [0.15, 0.2) is 164 Å². The van der Waals surface area contributed by atoms with Crippen molar-refractivity contribution in [2.24, 2.45) is 0 Å². The molecule has 0 aliphatic carbocycles. The van der Waals surface area contributed by atoms with Crippen LogP contribution in [-0.2, 0) is 10.8 Å². The number of hydrogen-bond donors (Lipinski definition) is 1. The van der Waals surface area contributed by atoms with Crippen LogP contribution < -0.4 is 0 Å². The number of phenols is 1. The summed E-state index contributed by atoms with van der Waals surface area (Å²) in [5.74, 6) is 0.956. The van der Waals surface area contributed by atoms with E-state index < -0.39 is 0 Å². The fourth-order valence-corrected chi connectivity index (χ4v) is 8.80. The van der Waals surface area contributed by atoms with Gasteiger partial charge in [-0.3, -0.25) is 9.55 Å². The zero-order valence-corrected chi connectivity index (χ0v) is 34.3. The fourth-order valence-electron chi connectivity index (χ4n) is 8.80. The number of imidazole rings is 1. The number of fused-ring (bicyclic) bond motifs is 5. The first kappa shape index (κ1) is 36.4. The van der Waals surface area contributed by atoms with E-state index in [2.05, 4.69) is 202 Å². The van der Waals surface area contributed by atoms with E-state index in [0.717, 1.165) is 83.1 Å². The van der Waals surface area contributed by atoms with Crippen molar-refractivity contribution in [3.8, 4) is 50.9 Å². The highest BCUT2D eigenvalue weighted by molar-refractivity contribution is 6.17. The highest BCUT2D eigenvalue weighted by Gasteiger charge is 2.29. The maximum atomic E-state index is 12.4. The monoisotopic (exact) mass is 766 g/mol. The van der Waals surface area contributed by atoms with Gasteiger partial charge in [0.05, 0.1) is 39.0 Å². The van der Waals surface area contributed by atoms with Gasteiger partial charge in [-0.15, -0.1) is 0 Å². The van der Waals surface area contributed by atoms with Crippen molar-refractivity contribution < 1.29 is 5.11 Å². The van der Waals surface area contributed by atoms with E-state index in [1.165, 1.54) is 5.39 Å². The van der Waals surface area contributed by atoms with Crippen LogP contribution >= 0.6 is 0 Å². The number of pyridine rings is 1. The van der Waals surface area contributed by atoms with Crippen LogP contribution in [-0.4, -0.2) is 24.2 Å². The molecule has 0 atom stereocenters. The first-order valence-electron chi connectivity index (χ1n) is 20.4. The second kappa shape index (κ2) is 13.6. The van der Waals surface area contributed by atoms with Gasteiger partial charge in [-0.2, -0.15) is 0 Å². The average molecular weight is 767 g/mol. The van der Waals surface area contributed by atoms with Crippen molar-refractivity contribution >= 4 is 43.6 Å². The summed E-state index contributed by atoms with van der Waals surface area (Å²) in [5, 5.41) is 17.0. The van der Waals surface area contributed by atoms with Gasteiger partial charge in [0.15, 0.2) is 0 Å². The molecule has 10 rings (SSSR count). The van der Waals surface area contributed by atoms with Crippen LogP contribution in [0.5, 0.6) is 5.75 Å². The van der Waals surface area contributed by atoms with Crippen molar-refractivity contribution in [3.05, 3.63) is 175 Å². The van der Waals surface area contributed by atoms with Crippen molar-refractivity contribution in [3.63, 3.8) is 0 Å². The van der Waals surface area contributed by atoms with E-state index in [-0.39, 0.29) is 16.6 Å². The largest absolute Gasteiger partial charge is 0.507 e. The Balaban J connectivity index is 1.34. The minimum absolute atomic E-state index is 0.168. The number of phenolic OH excluding ortho intramolecular Hbond substituents is 1. The minimum Gasteiger partial charge on any atom is -0.507 e. The first-order valence-corrected chi connectivity index (χ1v) is 20.4. The Kier molecular flexibility index (Phi) is 8.36. The predicted octanol–water partition coefficient (Wildman–Crippen LogP) is 14.0. The molecule has 0 aliphatic rings. The number of nitrogens with zero attached hydrogens (tertiary/aromatic N) is 4. The van der Waals surface area contributed by atoms with E-state index in [1.54, 1.807) is 0 Å². The molecule has 0 saturated carbocycles. The number of aromatic nitrogens is 4. The van der Waals surface area contributed by atoms with Crippen LogP contribution in [0.2, 0.25) is 0 Å². The smallest absolute Gasteiger partial charge is 0.149 e. The summed E-state index contributed by atoms with van der Waals surface area (Å²) < 4.78 is 4.62. The Hall–Kier alpha value is -6.98. The molecule has 0 fully saturated rings. The summed E-state index contributed by atoms with van der Waals surface area (Å²) in [6.07, 6.45) is 1.87. The maximum Gasteiger partial charge on any atom is 0.149 e. The van der Waals surface area contributed by atoms with Crippen molar-refractivity contribution in [1.29, 1.82) is 0 Å². The summed E-state index contributed by atoms with van der Waals surface area (Å²) in [6, 6.07) is 55.7. The topological polar surface area (TPSA) is 55.9 Å². The molecule has 5 nitrogen and oxygen atoms in total. The number of hydrogen-bond acceptors (Lipinski definition) is 3. The van der Waals surface area contributed by atoms with Crippen LogP contribution in [0.25, 0.3) is 88.8 Å². The predicted molar refractivity (Wildman–Crippen MR) is 246 cm³/mol. The third-order valence-electron chi connectivity index (χ3n) is 11.8. The number of benzene rings is 7. The third-order valence-corrected chi connectivity index (χ3v) is 11.8. The van der Waals surface area contributed by atoms with Crippen LogP contribution in [0, 0.1) is 0 Å². The van der Waals surface area contributed by atoms with Gasteiger partial charge in [-0.05, 0) is 88.0 Å². The second-order valence-electron chi connectivity index (χ2n) is 17.7. The van der Waals surface area contributed by atoms with Gasteiger partial charge in [-0.1, -0.05) is 139 Å². The lowest BCUT2D eigenvalue weighted by Gasteiger charge is -2.27. The number of para-hydroxylation sites is 3. The zero-order chi connectivity index (χ0) is 40.6. The lowest BCUT2D eigenvalue weighted by molar-refractivity contribution is 0.446. The summed E-state index contributed by atoms with van der Waals surface area (Å²) in [7, 11) is 0. The van der Waals surface area contributed by atoms with E-state index in [4.69, 9.17) is 9.97 Å². The molecule has 7 aromatic carbocycles. The summed E-state index contributed by atoms with van der Waals surface area (Å²) in [6.45, 7) is 13.2.